The fraction of sp³-hybridized carbons (Fsp3) is 0.350. The molecule has 3 atom stereocenters. The minimum Gasteiger partial charge on any atom is -0.394 e. The van der Waals surface area contributed by atoms with Gasteiger partial charge in [-0.2, -0.15) is 0 Å². The van der Waals surface area contributed by atoms with E-state index in [1.807, 2.05) is 24.3 Å². The first-order valence-electron chi connectivity index (χ1n) is 9.98. The van der Waals surface area contributed by atoms with Gasteiger partial charge in [-0.1, -0.05) is 18.2 Å². The average molecular weight is 461 g/mol. The summed E-state index contributed by atoms with van der Waals surface area (Å²) in [6.45, 7) is -1.25. The third-order valence-corrected chi connectivity index (χ3v) is 4.77. The molecular weight excluding hydrogens is 434 g/mol. The Morgan fingerprint density at radius 2 is 1.70 bits per heavy atom. The Kier molecular flexibility index (Phi) is 8.89. The smallest absolute Gasteiger partial charge is 0.243 e. The Morgan fingerprint density at radius 3 is 2.33 bits per heavy atom. The highest BCUT2D eigenvalue weighted by molar-refractivity contribution is 5.95. The third-order valence-electron chi connectivity index (χ3n) is 4.77. The van der Waals surface area contributed by atoms with Crippen molar-refractivity contribution in [1.82, 2.24) is 20.9 Å². The van der Waals surface area contributed by atoms with Crippen LogP contribution in [0.25, 0.3) is 10.9 Å². The van der Waals surface area contributed by atoms with Gasteiger partial charge in [-0.05, 0) is 11.6 Å². The summed E-state index contributed by atoms with van der Waals surface area (Å²) in [5.41, 5.74) is 17.3. The zero-order chi connectivity index (χ0) is 24.5. The highest BCUT2D eigenvalue weighted by Gasteiger charge is 2.26. The molecule has 11 N–H and O–H groups in total. The molecule has 0 saturated carbocycles. The van der Waals surface area contributed by atoms with Gasteiger partial charge in [0.2, 0.25) is 29.5 Å². The minimum atomic E-state index is -1.30. The molecule has 1 aromatic carbocycles. The number of carbonyl (C=O) groups is 5. The number of para-hydroxylation sites is 1. The number of hydrogen-bond acceptors (Lipinski definition) is 7. The van der Waals surface area contributed by atoms with E-state index in [1.54, 1.807) is 6.20 Å². The van der Waals surface area contributed by atoms with Crippen molar-refractivity contribution in [2.24, 2.45) is 17.2 Å². The van der Waals surface area contributed by atoms with E-state index >= 15 is 0 Å². The van der Waals surface area contributed by atoms with Gasteiger partial charge in [-0.3, -0.25) is 24.0 Å². The number of aliphatic hydroxyl groups excluding tert-OH is 1. The van der Waals surface area contributed by atoms with Crippen LogP contribution in [0, 0.1) is 0 Å². The van der Waals surface area contributed by atoms with Crippen LogP contribution in [0.15, 0.2) is 30.5 Å². The maximum Gasteiger partial charge on any atom is 0.243 e. The summed E-state index contributed by atoms with van der Waals surface area (Å²) >= 11 is 0. The SMILES string of the molecule is NC(=O)C[C@H](N)C(=O)N[C@@H](Cc1c[nH]c2ccccc12)C(=O)NCC(=O)N[C@@H](CO)C(N)=O. The predicted octanol–water partition coefficient (Wildman–Crippen LogP) is -3.52. The topological polar surface area (TPSA) is 236 Å². The van der Waals surface area contributed by atoms with E-state index in [0.29, 0.717) is 5.56 Å². The molecule has 0 bridgehead atoms. The van der Waals surface area contributed by atoms with Gasteiger partial charge >= 0.3 is 0 Å². The van der Waals surface area contributed by atoms with E-state index in [9.17, 15) is 24.0 Å². The largest absolute Gasteiger partial charge is 0.394 e. The molecule has 1 heterocycles. The van der Waals surface area contributed by atoms with Gasteiger partial charge in [0, 0.05) is 23.5 Å². The fourth-order valence-electron chi connectivity index (χ4n) is 3.06. The lowest BCUT2D eigenvalue weighted by Gasteiger charge is -2.20. The van der Waals surface area contributed by atoms with E-state index in [1.165, 1.54) is 0 Å². The van der Waals surface area contributed by atoms with Gasteiger partial charge in [0.05, 0.1) is 25.6 Å². The third kappa shape index (κ3) is 7.29. The summed E-state index contributed by atoms with van der Waals surface area (Å²) in [4.78, 5) is 62.4. The first kappa shape index (κ1) is 25.3. The molecule has 178 valence electrons. The van der Waals surface area contributed by atoms with E-state index in [4.69, 9.17) is 22.3 Å². The number of aliphatic hydroxyl groups is 1. The summed E-state index contributed by atoms with van der Waals surface area (Å²) in [6, 6.07) is 3.62. The molecular formula is C20H27N7O6. The Morgan fingerprint density at radius 1 is 1.00 bits per heavy atom. The van der Waals surface area contributed by atoms with Gasteiger partial charge in [-0.15, -0.1) is 0 Å². The number of aromatic nitrogens is 1. The lowest BCUT2D eigenvalue weighted by molar-refractivity contribution is -0.132. The number of amides is 5. The standard InChI is InChI=1S/C20H27N7O6/c21-12(6-16(22)29)19(32)27-14(5-10-7-24-13-4-2-1-3-11(10)13)20(33)25-8-17(30)26-15(9-28)18(23)31/h1-4,7,12,14-15,24,28H,5-6,8-9,21H2,(H2,22,29)(H2,23,31)(H,25,33)(H,26,30)(H,27,32)/t12-,14-,15-/m0/s1. The summed E-state index contributed by atoms with van der Waals surface area (Å²) in [6.07, 6.45) is 1.32. The molecule has 0 aliphatic rings. The lowest BCUT2D eigenvalue weighted by atomic mass is 10.0. The summed E-state index contributed by atoms with van der Waals surface area (Å²) in [5.74, 6) is -3.98. The first-order chi connectivity index (χ1) is 15.6. The van der Waals surface area contributed by atoms with Crippen molar-refractivity contribution in [3.05, 3.63) is 36.0 Å². The van der Waals surface area contributed by atoms with Crippen LogP contribution < -0.4 is 33.2 Å². The fourth-order valence-corrected chi connectivity index (χ4v) is 3.06. The number of primary amides is 2. The molecule has 0 radical (unpaired) electrons. The van der Waals surface area contributed by atoms with Crippen LogP contribution in [0.5, 0.6) is 0 Å². The molecule has 5 amide bonds. The second-order valence-corrected chi connectivity index (χ2v) is 7.32. The Hall–Kier alpha value is -3.97. The Balaban J connectivity index is 2.12. The van der Waals surface area contributed by atoms with Crippen molar-refractivity contribution in [3.8, 4) is 0 Å². The van der Waals surface area contributed by atoms with Crippen LogP contribution in [0.3, 0.4) is 0 Å². The van der Waals surface area contributed by atoms with E-state index < -0.39 is 67.2 Å². The molecule has 33 heavy (non-hydrogen) atoms. The zero-order valence-corrected chi connectivity index (χ0v) is 17.7. The molecule has 13 nitrogen and oxygen atoms in total. The second-order valence-electron chi connectivity index (χ2n) is 7.32. The summed E-state index contributed by atoms with van der Waals surface area (Å²) < 4.78 is 0. The van der Waals surface area contributed by atoms with Crippen molar-refractivity contribution >= 4 is 40.4 Å². The molecule has 0 fully saturated rings. The summed E-state index contributed by atoms with van der Waals surface area (Å²) in [5, 5.41) is 16.9. The number of aromatic amines is 1. The highest BCUT2D eigenvalue weighted by atomic mass is 16.3. The molecule has 1 aromatic heterocycles. The Bertz CT molecular complexity index is 1040. The van der Waals surface area contributed by atoms with Gasteiger partial charge in [0.1, 0.15) is 12.1 Å². The molecule has 0 aliphatic heterocycles. The molecule has 0 spiro atoms. The van der Waals surface area contributed by atoms with Crippen LogP contribution in [0.2, 0.25) is 0 Å². The number of nitrogens with one attached hydrogen (secondary N) is 4. The van der Waals surface area contributed by atoms with Crippen molar-refractivity contribution in [2.45, 2.75) is 31.0 Å². The number of nitrogens with two attached hydrogens (primary N) is 3. The van der Waals surface area contributed by atoms with Gasteiger partial charge in [-0.25, -0.2) is 0 Å². The number of benzene rings is 1. The van der Waals surface area contributed by atoms with E-state index in [-0.39, 0.29) is 6.42 Å². The minimum absolute atomic E-state index is 0.0487. The number of fused-ring (bicyclic) bond motifs is 1. The van der Waals surface area contributed by atoms with Crippen molar-refractivity contribution < 1.29 is 29.1 Å². The quantitative estimate of drug-likeness (QED) is 0.158. The van der Waals surface area contributed by atoms with Crippen molar-refractivity contribution in [1.29, 1.82) is 0 Å². The number of carbonyl (C=O) groups excluding carboxylic acids is 5. The predicted molar refractivity (Wildman–Crippen MR) is 117 cm³/mol. The maximum absolute atomic E-state index is 12.8. The molecule has 0 saturated heterocycles. The molecule has 13 heteroatoms. The number of rotatable bonds is 12. The van der Waals surface area contributed by atoms with Gasteiger partial charge in [0.15, 0.2) is 0 Å². The zero-order valence-electron chi connectivity index (χ0n) is 17.7. The van der Waals surface area contributed by atoms with Crippen LogP contribution in [-0.4, -0.2) is 70.9 Å². The molecule has 0 unspecified atom stereocenters. The maximum atomic E-state index is 12.8. The average Bonchev–Trinajstić information content (AvgIpc) is 3.17. The molecule has 0 aliphatic carbocycles. The van der Waals surface area contributed by atoms with Crippen LogP contribution in [0.4, 0.5) is 0 Å². The highest BCUT2D eigenvalue weighted by Crippen LogP contribution is 2.19. The van der Waals surface area contributed by atoms with Crippen LogP contribution >= 0.6 is 0 Å². The summed E-state index contributed by atoms with van der Waals surface area (Å²) in [7, 11) is 0. The van der Waals surface area contributed by atoms with Gasteiger partial charge in [0.25, 0.3) is 0 Å². The Labute approximate surface area is 188 Å². The molecule has 2 rings (SSSR count). The van der Waals surface area contributed by atoms with E-state index in [0.717, 1.165) is 10.9 Å². The second kappa shape index (κ2) is 11.6. The monoisotopic (exact) mass is 461 g/mol. The van der Waals surface area contributed by atoms with Crippen LogP contribution in [-0.2, 0) is 30.4 Å². The number of hydrogen-bond donors (Lipinski definition) is 8. The lowest BCUT2D eigenvalue weighted by Crippen LogP contribution is -2.55. The number of H-pyrrole nitrogens is 1. The van der Waals surface area contributed by atoms with Crippen LogP contribution in [0.1, 0.15) is 12.0 Å². The first-order valence-corrected chi connectivity index (χ1v) is 9.98. The normalized spacial score (nSPS) is 13.5. The van der Waals surface area contributed by atoms with E-state index in [2.05, 4.69) is 20.9 Å². The van der Waals surface area contributed by atoms with Crippen molar-refractivity contribution in [3.63, 3.8) is 0 Å². The van der Waals surface area contributed by atoms with Crippen molar-refractivity contribution in [2.75, 3.05) is 13.2 Å². The van der Waals surface area contributed by atoms with Gasteiger partial charge < -0.3 is 43.2 Å². The molecule has 2 aromatic rings.